The normalized spacial score (nSPS) is 9.19. The van der Waals surface area contributed by atoms with E-state index < -0.39 is 0 Å². The summed E-state index contributed by atoms with van der Waals surface area (Å²) in [5.74, 6) is 5.77. The van der Waals surface area contributed by atoms with Crippen molar-refractivity contribution in [3.63, 3.8) is 0 Å². The minimum Gasteiger partial charge on any atom is -0.355 e. The van der Waals surface area contributed by atoms with E-state index in [-0.39, 0.29) is 5.91 Å². The fourth-order valence-corrected chi connectivity index (χ4v) is 1.41. The van der Waals surface area contributed by atoms with E-state index in [9.17, 15) is 4.79 Å². The van der Waals surface area contributed by atoms with E-state index in [0.717, 1.165) is 0 Å². The summed E-state index contributed by atoms with van der Waals surface area (Å²) in [6, 6.07) is 5.32. The van der Waals surface area contributed by atoms with E-state index >= 15 is 0 Å². The predicted octanol–water partition coefficient (Wildman–Crippen LogP) is 2.87. The number of rotatable bonds is 2. The Bertz CT molecular complexity index is 446. The van der Waals surface area contributed by atoms with Gasteiger partial charge in [-0.3, -0.25) is 4.79 Å². The lowest BCUT2D eigenvalue weighted by Crippen LogP contribution is -2.20. The molecule has 1 N–H and O–H groups in total. The number of benzene rings is 1. The number of carbonyl (C=O) groups excluding carboxylic acids is 1. The summed E-state index contributed by atoms with van der Waals surface area (Å²) in [7, 11) is 0. The summed E-state index contributed by atoms with van der Waals surface area (Å²) in [5.41, 5.74) is 0.706. The molecule has 0 bridgehead atoms. The van der Waals surface area contributed by atoms with Crippen molar-refractivity contribution in [3.05, 3.63) is 33.8 Å². The number of hydrogen-bond donors (Lipinski definition) is 1. The van der Waals surface area contributed by atoms with Crippen LogP contribution in [-0.4, -0.2) is 12.5 Å². The van der Waals surface area contributed by atoms with Crippen LogP contribution in [0.2, 0.25) is 10.0 Å². The lowest BCUT2D eigenvalue weighted by atomic mass is 10.2. The topological polar surface area (TPSA) is 29.1 Å². The maximum absolute atomic E-state index is 10.6. The predicted molar refractivity (Wildman–Crippen MR) is 66.6 cm³/mol. The molecule has 0 aliphatic rings. The first-order valence-electron chi connectivity index (χ1n) is 4.78. The van der Waals surface area contributed by atoms with Crippen molar-refractivity contribution in [2.75, 3.05) is 6.54 Å². The minimum atomic E-state index is -0.0532. The molecule has 0 unspecified atom stereocenters. The Morgan fingerprint density at radius 1 is 1.44 bits per heavy atom. The molecule has 0 aromatic heterocycles. The molecule has 0 aliphatic carbocycles. The number of amides is 1. The van der Waals surface area contributed by atoms with Crippen LogP contribution in [-0.2, 0) is 4.79 Å². The van der Waals surface area contributed by atoms with Gasteiger partial charge in [0.25, 0.3) is 0 Å². The van der Waals surface area contributed by atoms with E-state index in [4.69, 9.17) is 23.2 Å². The smallest absolute Gasteiger partial charge is 0.216 e. The van der Waals surface area contributed by atoms with E-state index in [1.807, 2.05) is 0 Å². The molecule has 1 rings (SSSR count). The Kier molecular flexibility index (Phi) is 5.18. The highest BCUT2D eigenvalue weighted by Crippen LogP contribution is 2.24. The van der Waals surface area contributed by atoms with Crippen LogP contribution in [0.3, 0.4) is 0 Å². The van der Waals surface area contributed by atoms with Crippen LogP contribution in [0.5, 0.6) is 0 Å². The average Bonchev–Trinajstić information content (AvgIpc) is 2.23. The maximum Gasteiger partial charge on any atom is 0.216 e. The van der Waals surface area contributed by atoms with Crippen LogP contribution in [0.15, 0.2) is 18.2 Å². The highest BCUT2D eigenvalue weighted by Gasteiger charge is 2.00. The van der Waals surface area contributed by atoms with Gasteiger partial charge >= 0.3 is 0 Å². The van der Waals surface area contributed by atoms with Crippen molar-refractivity contribution in [1.82, 2.24) is 5.32 Å². The lowest BCUT2D eigenvalue weighted by Gasteiger charge is -1.97. The molecule has 0 radical (unpaired) electrons. The molecule has 0 aliphatic heterocycles. The second-order valence-corrected chi connectivity index (χ2v) is 3.92. The molecule has 0 spiro atoms. The molecule has 1 amide bonds. The molecular weight excluding hydrogens is 245 g/mol. The Morgan fingerprint density at radius 3 is 2.88 bits per heavy atom. The first kappa shape index (κ1) is 12.9. The SMILES string of the molecule is CC(=O)NCCC#Cc1cccc(Cl)c1Cl. The summed E-state index contributed by atoms with van der Waals surface area (Å²) in [6.07, 6.45) is 0.586. The van der Waals surface area contributed by atoms with E-state index in [1.54, 1.807) is 18.2 Å². The standard InChI is InChI=1S/C12H11Cl2NO/c1-9(16)15-8-3-2-5-10-6-4-7-11(13)12(10)14/h4,6-7H,3,8H2,1H3,(H,15,16). The summed E-state index contributed by atoms with van der Waals surface area (Å²) in [5, 5.41) is 3.62. The molecule has 0 heterocycles. The van der Waals surface area contributed by atoms with Gasteiger partial charge in [0, 0.05) is 25.5 Å². The van der Waals surface area contributed by atoms with Crippen LogP contribution in [0.1, 0.15) is 18.9 Å². The molecule has 1 aromatic carbocycles. The van der Waals surface area contributed by atoms with Gasteiger partial charge in [0.15, 0.2) is 0 Å². The highest BCUT2D eigenvalue weighted by molar-refractivity contribution is 6.42. The van der Waals surface area contributed by atoms with Crippen molar-refractivity contribution in [1.29, 1.82) is 0 Å². The third-order valence-corrected chi connectivity index (χ3v) is 2.62. The zero-order valence-corrected chi connectivity index (χ0v) is 10.3. The highest BCUT2D eigenvalue weighted by atomic mass is 35.5. The summed E-state index contributed by atoms with van der Waals surface area (Å²) < 4.78 is 0. The third kappa shape index (κ3) is 4.14. The quantitative estimate of drug-likeness (QED) is 0.639. The molecule has 0 fully saturated rings. The minimum absolute atomic E-state index is 0.0532. The van der Waals surface area contributed by atoms with Crippen LogP contribution in [0, 0.1) is 11.8 Å². The molecule has 4 heteroatoms. The molecule has 1 aromatic rings. The fourth-order valence-electron chi connectivity index (χ4n) is 1.06. The van der Waals surface area contributed by atoms with Crippen molar-refractivity contribution >= 4 is 29.1 Å². The van der Waals surface area contributed by atoms with Gasteiger partial charge in [0.1, 0.15) is 0 Å². The molecule has 16 heavy (non-hydrogen) atoms. The van der Waals surface area contributed by atoms with Crippen molar-refractivity contribution < 1.29 is 4.79 Å². The van der Waals surface area contributed by atoms with Crippen LogP contribution in [0.25, 0.3) is 0 Å². The van der Waals surface area contributed by atoms with Gasteiger partial charge in [-0.15, -0.1) is 0 Å². The zero-order valence-electron chi connectivity index (χ0n) is 8.81. The summed E-state index contributed by atoms with van der Waals surface area (Å²) in [6.45, 7) is 2.02. The van der Waals surface area contributed by atoms with Crippen molar-refractivity contribution in [2.45, 2.75) is 13.3 Å². The van der Waals surface area contributed by atoms with E-state index in [2.05, 4.69) is 17.2 Å². The molecule has 0 saturated carbocycles. The van der Waals surface area contributed by atoms with Crippen molar-refractivity contribution in [3.8, 4) is 11.8 Å². The zero-order chi connectivity index (χ0) is 12.0. The molecular formula is C12H11Cl2NO. The molecule has 0 saturated heterocycles. The summed E-state index contributed by atoms with van der Waals surface area (Å²) >= 11 is 11.8. The molecule has 2 nitrogen and oxygen atoms in total. The van der Waals surface area contributed by atoms with Gasteiger partial charge < -0.3 is 5.32 Å². The first-order chi connectivity index (χ1) is 7.61. The second-order valence-electron chi connectivity index (χ2n) is 3.14. The van der Waals surface area contributed by atoms with Gasteiger partial charge in [-0.2, -0.15) is 0 Å². The Morgan fingerprint density at radius 2 is 2.19 bits per heavy atom. The van der Waals surface area contributed by atoms with E-state index in [0.29, 0.717) is 28.6 Å². The number of halogens is 2. The first-order valence-corrected chi connectivity index (χ1v) is 5.54. The monoisotopic (exact) mass is 255 g/mol. The number of nitrogens with one attached hydrogen (secondary N) is 1. The lowest BCUT2D eigenvalue weighted by molar-refractivity contribution is -0.118. The third-order valence-electron chi connectivity index (χ3n) is 1.80. The van der Waals surface area contributed by atoms with Gasteiger partial charge in [-0.25, -0.2) is 0 Å². The van der Waals surface area contributed by atoms with Crippen LogP contribution in [0.4, 0.5) is 0 Å². The van der Waals surface area contributed by atoms with Crippen LogP contribution >= 0.6 is 23.2 Å². The van der Waals surface area contributed by atoms with Gasteiger partial charge in [-0.05, 0) is 12.1 Å². The van der Waals surface area contributed by atoms with Gasteiger partial charge in [0.2, 0.25) is 5.91 Å². The number of hydrogen-bond acceptors (Lipinski definition) is 1. The Labute approximate surface area is 105 Å². The molecule has 84 valence electrons. The Balaban J connectivity index is 2.56. The van der Waals surface area contributed by atoms with Crippen LogP contribution < -0.4 is 5.32 Å². The fraction of sp³-hybridized carbons (Fsp3) is 0.250. The molecule has 0 atom stereocenters. The van der Waals surface area contributed by atoms with Crippen molar-refractivity contribution in [2.24, 2.45) is 0 Å². The maximum atomic E-state index is 10.6. The van der Waals surface area contributed by atoms with Gasteiger partial charge in [-0.1, -0.05) is 41.1 Å². The average molecular weight is 256 g/mol. The van der Waals surface area contributed by atoms with E-state index in [1.165, 1.54) is 6.92 Å². The number of carbonyl (C=O) groups is 1. The summed E-state index contributed by atoms with van der Waals surface area (Å²) in [4.78, 5) is 10.6. The Hall–Kier alpha value is -1.17. The largest absolute Gasteiger partial charge is 0.355 e. The second kappa shape index (κ2) is 6.42. The van der Waals surface area contributed by atoms with Gasteiger partial charge in [0.05, 0.1) is 10.0 Å².